The van der Waals surface area contributed by atoms with Crippen molar-refractivity contribution in [1.82, 2.24) is 0 Å². The van der Waals surface area contributed by atoms with E-state index in [9.17, 15) is 13.7 Å². The van der Waals surface area contributed by atoms with Crippen LogP contribution in [0.2, 0.25) is 10.0 Å². The summed E-state index contributed by atoms with van der Waals surface area (Å²) in [5.74, 6) is 0. The molecule has 0 fully saturated rings. The zero-order valence-corrected chi connectivity index (χ0v) is 13.9. The lowest BCUT2D eigenvalue weighted by atomic mass is 10.1. The summed E-state index contributed by atoms with van der Waals surface area (Å²) in [6.07, 6.45) is 1.34. The van der Waals surface area contributed by atoms with Crippen LogP contribution in [0.1, 0.15) is 11.1 Å². The Kier molecular flexibility index (Phi) is 4.92. The van der Waals surface area contributed by atoms with Crippen molar-refractivity contribution in [2.75, 3.05) is 0 Å². The third-order valence-electron chi connectivity index (χ3n) is 3.06. The van der Waals surface area contributed by atoms with Gasteiger partial charge in [-0.15, -0.1) is 0 Å². The van der Waals surface area contributed by atoms with Gasteiger partial charge in [-0.1, -0.05) is 47.5 Å². The van der Waals surface area contributed by atoms with Crippen LogP contribution in [0.4, 0.5) is 0 Å². The topological polar surface area (TPSA) is 57.9 Å². The van der Waals surface area contributed by atoms with Gasteiger partial charge in [0.15, 0.2) is 0 Å². The van der Waals surface area contributed by atoms with E-state index >= 15 is 0 Å². The summed E-state index contributed by atoms with van der Waals surface area (Å²) in [6.45, 7) is 1.83. The van der Waals surface area contributed by atoms with E-state index in [2.05, 4.69) is 0 Å². The average Bonchev–Trinajstić information content (AvgIpc) is 2.48. The first-order chi connectivity index (χ1) is 10.4. The van der Waals surface area contributed by atoms with Crippen LogP contribution in [0.15, 0.2) is 52.3 Å². The minimum Gasteiger partial charge on any atom is -0.218 e. The van der Waals surface area contributed by atoms with Crippen LogP contribution in [0.25, 0.3) is 6.08 Å². The Hall–Kier alpha value is -1.80. The van der Waals surface area contributed by atoms with Crippen LogP contribution >= 0.6 is 23.2 Å². The first kappa shape index (κ1) is 16.6. The van der Waals surface area contributed by atoms with E-state index < -0.39 is 9.84 Å². The lowest BCUT2D eigenvalue weighted by Gasteiger charge is -2.07. The van der Waals surface area contributed by atoms with E-state index in [0.717, 1.165) is 5.56 Å². The molecule has 112 valence electrons. The maximum absolute atomic E-state index is 12.6. The zero-order chi connectivity index (χ0) is 16.3. The first-order valence-corrected chi connectivity index (χ1v) is 8.47. The van der Waals surface area contributed by atoms with Gasteiger partial charge in [-0.25, -0.2) is 8.42 Å². The molecule has 0 spiro atoms. The molecule has 22 heavy (non-hydrogen) atoms. The molecule has 0 atom stereocenters. The summed E-state index contributed by atoms with van der Waals surface area (Å²) in [5.41, 5.74) is 1.52. The minimum atomic E-state index is -4.04. The highest BCUT2D eigenvalue weighted by Crippen LogP contribution is 2.30. The quantitative estimate of drug-likeness (QED) is 0.756. The van der Waals surface area contributed by atoms with Gasteiger partial charge in [0.05, 0.1) is 9.92 Å². The maximum Gasteiger partial charge on any atom is 0.218 e. The second-order valence-electron chi connectivity index (χ2n) is 4.56. The molecule has 0 amide bonds. The van der Waals surface area contributed by atoms with Crippen molar-refractivity contribution in [1.29, 1.82) is 5.26 Å². The highest BCUT2D eigenvalue weighted by molar-refractivity contribution is 7.95. The zero-order valence-electron chi connectivity index (χ0n) is 11.5. The van der Waals surface area contributed by atoms with Gasteiger partial charge in [-0.3, -0.25) is 0 Å². The van der Waals surface area contributed by atoms with Crippen molar-refractivity contribution >= 4 is 39.1 Å². The maximum atomic E-state index is 12.6. The van der Waals surface area contributed by atoms with Gasteiger partial charge in [-0.2, -0.15) is 5.26 Å². The predicted octanol–water partition coefficient (Wildman–Crippen LogP) is 4.64. The Morgan fingerprint density at radius 2 is 1.86 bits per heavy atom. The second-order valence-corrected chi connectivity index (χ2v) is 7.29. The van der Waals surface area contributed by atoms with E-state index in [0.29, 0.717) is 5.56 Å². The van der Waals surface area contributed by atoms with Gasteiger partial charge >= 0.3 is 0 Å². The van der Waals surface area contributed by atoms with Crippen LogP contribution in [0, 0.1) is 18.3 Å². The van der Waals surface area contributed by atoms with Crippen molar-refractivity contribution in [2.45, 2.75) is 11.8 Å². The summed E-state index contributed by atoms with van der Waals surface area (Å²) < 4.78 is 25.2. The molecular formula is C16H11Cl2NO2S. The van der Waals surface area contributed by atoms with Gasteiger partial charge < -0.3 is 0 Å². The smallest absolute Gasteiger partial charge is 0.218 e. The number of sulfone groups is 1. The number of hydrogen-bond donors (Lipinski definition) is 0. The molecule has 0 radical (unpaired) electrons. The number of nitrogens with zero attached hydrogens (tertiary/aromatic N) is 1. The fourth-order valence-electron chi connectivity index (χ4n) is 1.86. The molecular weight excluding hydrogens is 341 g/mol. The molecule has 0 bridgehead atoms. The molecule has 2 rings (SSSR count). The van der Waals surface area contributed by atoms with E-state index in [4.69, 9.17) is 23.2 Å². The Balaban J connectivity index is 2.63. The SMILES string of the molecule is Cc1ccccc1/C=C(\C#N)S(=O)(=O)c1cc(Cl)ccc1Cl. The molecule has 0 heterocycles. The number of allylic oxidation sites excluding steroid dienone is 1. The summed E-state index contributed by atoms with van der Waals surface area (Å²) in [6, 6.07) is 13.0. The molecule has 0 aromatic heterocycles. The number of hydrogen-bond acceptors (Lipinski definition) is 3. The van der Waals surface area contributed by atoms with Gasteiger partial charge in [0.2, 0.25) is 9.84 Å². The van der Waals surface area contributed by atoms with Crippen LogP contribution in [0.3, 0.4) is 0 Å². The summed E-state index contributed by atoms with van der Waals surface area (Å²) in [7, 11) is -4.04. The summed E-state index contributed by atoms with van der Waals surface area (Å²) in [4.78, 5) is -0.561. The monoisotopic (exact) mass is 351 g/mol. The van der Waals surface area contributed by atoms with Gasteiger partial charge in [0.25, 0.3) is 0 Å². The second kappa shape index (κ2) is 6.53. The van der Waals surface area contributed by atoms with Crippen LogP contribution in [-0.4, -0.2) is 8.42 Å². The van der Waals surface area contributed by atoms with Crippen LogP contribution < -0.4 is 0 Å². The lowest BCUT2D eigenvalue weighted by molar-refractivity contribution is 0.603. The van der Waals surface area contributed by atoms with Crippen molar-refractivity contribution < 1.29 is 8.42 Å². The molecule has 0 N–H and O–H groups in total. The largest absolute Gasteiger partial charge is 0.218 e. The van der Waals surface area contributed by atoms with E-state index in [1.807, 2.05) is 19.1 Å². The molecule has 6 heteroatoms. The minimum absolute atomic E-state index is 0.0235. The lowest BCUT2D eigenvalue weighted by Crippen LogP contribution is -2.04. The molecule has 0 unspecified atom stereocenters. The van der Waals surface area contributed by atoms with Gasteiger partial charge in [0.1, 0.15) is 11.0 Å². The standard InChI is InChI=1S/C16H11Cl2NO2S/c1-11-4-2-3-5-12(11)8-14(10-19)22(20,21)16-9-13(17)6-7-15(16)18/h2-9H,1H3/b14-8+. The van der Waals surface area contributed by atoms with E-state index in [1.165, 1.54) is 24.3 Å². The van der Waals surface area contributed by atoms with Crippen molar-refractivity contribution in [2.24, 2.45) is 0 Å². The first-order valence-electron chi connectivity index (χ1n) is 6.24. The number of benzene rings is 2. The Morgan fingerprint density at radius 1 is 1.18 bits per heavy atom. The third-order valence-corrected chi connectivity index (χ3v) is 5.44. The molecule has 0 saturated carbocycles. The normalized spacial score (nSPS) is 12.0. The highest BCUT2D eigenvalue weighted by atomic mass is 35.5. The fraction of sp³-hybridized carbons (Fsp3) is 0.0625. The summed E-state index contributed by atoms with van der Waals surface area (Å²) in [5, 5.41) is 9.52. The van der Waals surface area contributed by atoms with Gasteiger partial charge in [-0.05, 0) is 42.3 Å². The summed E-state index contributed by atoms with van der Waals surface area (Å²) >= 11 is 11.8. The average molecular weight is 352 g/mol. The number of halogens is 2. The molecule has 0 aliphatic carbocycles. The van der Waals surface area contributed by atoms with Crippen LogP contribution in [0.5, 0.6) is 0 Å². The molecule has 2 aromatic rings. The predicted molar refractivity (Wildman–Crippen MR) is 88.4 cm³/mol. The molecule has 0 aliphatic heterocycles. The molecule has 0 aliphatic rings. The molecule has 2 aromatic carbocycles. The van der Waals surface area contributed by atoms with Crippen molar-refractivity contribution in [3.8, 4) is 6.07 Å². The van der Waals surface area contributed by atoms with Crippen molar-refractivity contribution in [3.05, 3.63) is 68.5 Å². The number of nitriles is 1. The Labute approximate surface area is 139 Å². The number of rotatable bonds is 3. The van der Waals surface area contributed by atoms with E-state index in [-0.39, 0.29) is 19.8 Å². The Morgan fingerprint density at radius 3 is 2.50 bits per heavy atom. The molecule has 0 saturated heterocycles. The third kappa shape index (κ3) is 3.33. The molecule has 3 nitrogen and oxygen atoms in total. The number of aryl methyl sites for hydroxylation is 1. The fourth-order valence-corrected chi connectivity index (χ4v) is 3.77. The Bertz CT molecular complexity index is 897. The van der Waals surface area contributed by atoms with Gasteiger partial charge in [0, 0.05) is 5.02 Å². The highest BCUT2D eigenvalue weighted by Gasteiger charge is 2.24. The van der Waals surface area contributed by atoms with E-state index in [1.54, 1.807) is 18.2 Å². The van der Waals surface area contributed by atoms with Crippen molar-refractivity contribution in [3.63, 3.8) is 0 Å². The van der Waals surface area contributed by atoms with Crippen LogP contribution in [-0.2, 0) is 9.84 Å².